The highest BCUT2D eigenvalue weighted by Crippen LogP contribution is 2.34. The number of allylic oxidation sites excluding steroid dienone is 1. The third-order valence-electron chi connectivity index (χ3n) is 2.84. The molecule has 0 aromatic rings. The van der Waals surface area contributed by atoms with Crippen molar-refractivity contribution in [1.29, 1.82) is 0 Å². The molecule has 0 aromatic heterocycles. The molecule has 1 rings (SSSR count). The lowest BCUT2D eigenvalue weighted by atomic mass is 9.88. The molecular weight excluding hydrogens is 256 g/mol. The van der Waals surface area contributed by atoms with Crippen molar-refractivity contribution in [1.82, 2.24) is 4.90 Å². The van der Waals surface area contributed by atoms with Crippen LogP contribution < -0.4 is 0 Å². The van der Waals surface area contributed by atoms with Crippen molar-refractivity contribution in [2.75, 3.05) is 7.05 Å². The Bertz CT molecular complexity index is 285. The summed E-state index contributed by atoms with van der Waals surface area (Å²) in [5, 5.41) is 0. The number of likely N-dealkylation sites (N-methyl/N-ethyl adjacent to an activating group) is 1. The van der Waals surface area contributed by atoms with E-state index in [1.54, 1.807) is 7.05 Å². The van der Waals surface area contributed by atoms with Gasteiger partial charge in [0.2, 0.25) is 0 Å². The Kier molecular flexibility index (Phi) is 3.96. The predicted octanol–water partition coefficient (Wildman–Crippen LogP) is 3.31. The molecule has 0 aromatic carbocycles. The third-order valence-corrected chi connectivity index (χ3v) is 3.33. The lowest BCUT2D eigenvalue weighted by Crippen LogP contribution is -2.50. The molecule has 0 spiro atoms. The van der Waals surface area contributed by atoms with Crippen LogP contribution in [0.2, 0.25) is 0 Å². The number of amides is 1. The van der Waals surface area contributed by atoms with E-state index in [2.05, 4.69) is 6.08 Å². The number of halogens is 3. The number of rotatable bonds is 1. The van der Waals surface area contributed by atoms with Crippen LogP contribution in [0, 0.1) is 0 Å². The predicted molar refractivity (Wildman–Crippen MR) is 64.5 cm³/mol. The van der Waals surface area contributed by atoms with E-state index in [0.29, 0.717) is 0 Å². The SMILES string of the molecule is CN(C(=O)C(Cl)(Cl)Cl)[C@@]1(C)C=CCCC1. The second kappa shape index (κ2) is 4.52. The zero-order valence-electron chi connectivity index (χ0n) is 8.77. The van der Waals surface area contributed by atoms with Gasteiger partial charge in [-0.05, 0) is 26.2 Å². The van der Waals surface area contributed by atoms with Gasteiger partial charge in [-0.2, -0.15) is 0 Å². The lowest BCUT2D eigenvalue weighted by molar-refractivity contribution is -0.133. The van der Waals surface area contributed by atoms with Crippen LogP contribution >= 0.6 is 34.8 Å². The summed E-state index contributed by atoms with van der Waals surface area (Å²) in [6.45, 7) is 1.97. The first-order valence-electron chi connectivity index (χ1n) is 4.80. The molecule has 1 aliphatic rings. The van der Waals surface area contributed by atoms with E-state index in [4.69, 9.17) is 34.8 Å². The van der Waals surface area contributed by atoms with Crippen molar-refractivity contribution in [3.63, 3.8) is 0 Å². The second-order valence-corrected chi connectivity index (χ2v) is 6.29. The van der Waals surface area contributed by atoms with Crippen LogP contribution in [0.15, 0.2) is 12.2 Å². The van der Waals surface area contributed by atoms with Crippen molar-refractivity contribution in [3.05, 3.63) is 12.2 Å². The summed E-state index contributed by atoms with van der Waals surface area (Å²) in [5.41, 5.74) is -0.334. The Morgan fingerprint density at radius 1 is 1.47 bits per heavy atom. The maximum Gasteiger partial charge on any atom is 0.275 e. The molecule has 0 heterocycles. The second-order valence-electron chi connectivity index (χ2n) is 4.01. The van der Waals surface area contributed by atoms with Crippen molar-refractivity contribution in [2.24, 2.45) is 0 Å². The zero-order valence-corrected chi connectivity index (χ0v) is 11.0. The maximum atomic E-state index is 11.8. The van der Waals surface area contributed by atoms with Crippen LogP contribution in [0.3, 0.4) is 0 Å². The smallest absolute Gasteiger partial charge is 0.275 e. The fourth-order valence-corrected chi connectivity index (χ4v) is 2.08. The highest BCUT2D eigenvalue weighted by Gasteiger charge is 2.40. The van der Waals surface area contributed by atoms with E-state index in [-0.39, 0.29) is 5.54 Å². The third kappa shape index (κ3) is 3.02. The summed E-state index contributed by atoms with van der Waals surface area (Å²) in [4.78, 5) is 13.3. The Balaban J connectivity index is 2.84. The largest absolute Gasteiger partial charge is 0.333 e. The first-order valence-corrected chi connectivity index (χ1v) is 5.93. The number of carbonyl (C=O) groups excluding carboxylic acids is 1. The molecule has 15 heavy (non-hydrogen) atoms. The molecule has 5 heteroatoms. The normalized spacial score (nSPS) is 26.5. The van der Waals surface area contributed by atoms with Gasteiger partial charge in [-0.3, -0.25) is 4.79 Å². The maximum absolute atomic E-state index is 11.8. The van der Waals surface area contributed by atoms with Crippen LogP contribution in [0.25, 0.3) is 0 Å². The Morgan fingerprint density at radius 3 is 2.47 bits per heavy atom. The van der Waals surface area contributed by atoms with Crippen LogP contribution in [-0.2, 0) is 4.79 Å². The molecule has 0 fully saturated rings. The first kappa shape index (κ1) is 13.1. The fourth-order valence-electron chi connectivity index (χ4n) is 1.70. The minimum absolute atomic E-state index is 0.334. The Hall–Kier alpha value is 0.0800. The monoisotopic (exact) mass is 269 g/mol. The van der Waals surface area contributed by atoms with E-state index in [9.17, 15) is 4.79 Å². The van der Waals surface area contributed by atoms with Crippen LogP contribution in [-0.4, -0.2) is 27.2 Å². The molecular formula is C10H14Cl3NO. The van der Waals surface area contributed by atoms with Crippen molar-refractivity contribution < 1.29 is 4.79 Å². The minimum Gasteiger partial charge on any atom is -0.333 e. The summed E-state index contributed by atoms with van der Waals surface area (Å²) < 4.78 is -1.87. The molecule has 1 aliphatic carbocycles. The van der Waals surface area contributed by atoms with Crippen LogP contribution in [0.1, 0.15) is 26.2 Å². The van der Waals surface area contributed by atoms with Crippen LogP contribution in [0.4, 0.5) is 0 Å². The number of hydrogen-bond acceptors (Lipinski definition) is 1. The van der Waals surface area contributed by atoms with E-state index < -0.39 is 9.70 Å². The van der Waals surface area contributed by atoms with Gasteiger partial charge in [-0.1, -0.05) is 47.0 Å². The fraction of sp³-hybridized carbons (Fsp3) is 0.700. The summed E-state index contributed by atoms with van der Waals surface area (Å²) >= 11 is 16.7. The summed E-state index contributed by atoms with van der Waals surface area (Å²) in [6.07, 6.45) is 7.05. The molecule has 1 amide bonds. The quantitative estimate of drug-likeness (QED) is 0.529. The van der Waals surface area contributed by atoms with Crippen molar-refractivity contribution in [3.8, 4) is 0 Å². The highest BCUT2D eigenvalue weighted by atomic mass is 35.6. The van der Waals surface area contributed by atoms with Gasteiger partial charge in [0.25, 0.3) is 9.70 Å². The van der Waals surface area contributed by atoms with E-state index in [1.807, 2.05) is 13.0 Å². The lowest BCUT2D eigenvalue weighted by Gasteiger charge is -2.39. The minimum atomic E-state index is -1.87. The Morgan fingerprint density at radius 2 is 2.07 bits per heavy atom. The van der Waals surface area contributed by atoms with Gasteiger partial charge < -0.3 is 4.90 Å². The first-order chi connectivity index (χ1) is 6.77. The van der Waals surface area contributed by atoms with Gasteiger partial charge >= 0.3 is 0 Å². The van der Waals surface area contributed by atoms with Gasteiger partial charge in [0, 0.05) is 7.05 Å². The molecule has 0 unspecified atom stereocenters. The summed E-state index contributed by atoms with van der Waals surface area (Å²) in [6, 6.07) is 0. The van der Waals surface area contributed by atoms with Crippen LogP contribution in [0.5, 0.6) is 0 Å². The molecule has 0 aliphatic heterocycles. The molecule has 0 radical (unpaired) electrons. The average Bonchev–Trinajstić information content (AvgIpc) is 2.15. The summed E-state index contributed by atoms with van der Waals surface area (Å²) in [5.74, 6) is -0.485. The van der Waals surface area contributed by atoms with E-state index in [0.717, 1.165) is 19.3 Å². The van der Waals surface area contributed by atoms with Crippen molar-refractivity contribution >= 4 is 40.7 Å². The van der Waals surface area contributed by atoms with E-state index in [1.165, 1.54) is 4.90 Å². The molecule has 0 saturated carbocycles. The highest BCUT2D eigenvalue weighted by molar-refractivity contribution is 6.76. The van der Waals surface area contributed by atoms with Gasteiger partial charge in [-0.25, -0.2) is 0 Å². The van der Waals surface area contributed by atoms with Gasteiger partial charge in [-0.15, -0.1) is 0 Å². The molecule has 1 atom stereocenters. The number of carbonyl (C=O) groups is 1. The standard InChI is InChI=1S/C10H14Cl3NO/c1-9(6-4-3-5-7-9)14(2)8(15)10(11,12)13/h4,6H,3,5,7H2,1-2H3/t9-/m0/s1. The zero-order chi connectivity index (χ0) is 11.7. The van der Waals surface area contributed by atoms with Crippen molar-refractivity contribution in [2.45, 2.75) is 35.5 Å². The number of nitrogens with zero attached hydrogens (tertiary/aromatic N) is 1. The molecule has 0 saturated heterocycles. The van der Waals surface area contributed by atoms with Gasteiger partial charge in [0.1, 0.15) is 0 Å². The molecule has 0 N–H and O–H groups in total. The number of hydrogen-bond donors (Lipinski definition) is 0. The van der Waals surface area contributed by atoms with Gasteiger partial charge in [0.05, 0.1) is 5.54 Å². The Labute approximate surface area is 105 Å². The average molecular weight is 271 g/mol. The molecule has 86 valence electrons. The van der Waals surface area contributed by atoms with Gasteiger partial charge in [0.15, 0.2) is 0 Å². The topological polar surface area (TPSA) is 20.3 Å². The van der Waals surface area contributed by atoms with E-state index >= 15 is 0 Å². The summed E-state index contributed by atoms with van der Waals surface area (Å²) in [7, 11) is 1.67. The molecule has 2 nitrogen and oxygen atoms in total. The number of alkyl halides is 3. The molecule has 0 bridgehead atoms.